The van der Waals surface area contributed by atoms with Crippen LogP contribution in [0.5, 0.6) is 0 Å². The second-order valence-electron chi connectivity index (χ2n) is 3.68. The van der Waals surface area contributed by atoms with Crippen LogP contribution in [0.25, 0.3) is 0 Å². The van der Waals surface area contributed by atoms with Gasteiger partial charge in [0.15, 0.2) is 0 Å². The zero-order valence-corrected chi connectivity index (χ0v) is 9.73. The van der Waals surface area contributed by atoms with E-state index < -0.39 is 0 Å². The summed E-state index contributed by atoms with van der Waals surface area (Å²) in [6.07, 6.45) is 0. The second-order valence-corrected chi connectivity index (χ2v) is 3.68. The van der Waals surface area contributed by atoms with Crippen molar-refractivity contribution in [2.45, 2.75) is 26.3 Å². The molecule has 1 saturated heterocycles. The highest BCUT2D eigenvalue weighted by atomic mass is 35.5. The van der Waals surface area contributed by atoms with E-state index in [-0.39, 0.29) is 24.8 Å². The van der Waals surface area contributed by atoms with Gasteiger partial charge < -0.3 is 10.2 Å². The molecule has 12 heavy (non-hydrogen) atoms. The molecule has 1 heterocycles. The van der Waals surface area contributed by atoms with Crippen LogP contribution in [0, 0.1) is 0 Å². The summed E-state index contributed by atoms with van der Waals surface area (Å²) in [5.74, 6) is 0. The Morgan fingerprint density at radius 3 is 2.25 bits per heavy atom. The van der Waals surface area contributed by atoms with E-state index in [1.165, 1.54) is 19.6 Å². The first kappa shape index (κ1) is 15.0. The first-order valence-electron chi connectivity index (χ1n) is 4.11. The van der Waals surface area contributed by atoms with Crippen LogP contribution >= 0.6 is 24.8 Å². The van der Waals surface area contributed by atoms with Gasteiger partial charge in [-0.05, 0) is 20.4 Å². The minimum atomic E-state index is 0. The molecule has 0 bridgehead atoms. The molecule has 0 aromatic rings. The summed E-state index contributed by atoms with van der Waals surface area (Å²) in [5, 5.41) is 3.48. The van der Waals surface area contributed by atoms with E-state index in [1.54, 1.807) is 0 Å². The Morgan fingerprint density at radius 2 is 1.92 bits per heavy atom. The van der Waals surface area contributed by atoms with E-state index in [4.69, 9.17) is 0 Å². The predicted octanol–water partition coefficient (Wildman–Crippen LogP) is 1.53. The van der Waals surface area contributed by atoms with Crippen molar-refractivity contribution in [3.63, 3.8) is 0 Å². The first-order chi connectivity index (χ1) is 4.64. The number of rotatable bonds is 1. The van der Waals surface area contributed by atoms with Crippen molar-refractivity contribution in [2.75, 3.05) is 26.2 Å². The topological polar surface area (TPSA) is 15.3 Å². The van der Waals surface area contributed by atoms with E-state index in [0.29, 0.717) is 5.54 Å². The number of piperazine rings is 1. The minimum Gasteiger partial charge on any atom is -0.309 e. The van der Waals surface area contributed by atoms with Gasteiger partial charge in [0.2, 0.25) is 0 Å². The van der Waals surface area contributed by atoms with Crippen LogP contribution in [0.3, 0.4) is 0 Å². The summed E-state index contributed by atoms with van der Waals surface area (Å²) >= 11 is 0. The largest absolute Gasteiger partial charge is 0.309 e. The highest BCUT2D eigenvalue weighted by Crippen LogP contribution is 2.08. The Bertz CT molecular complexity index is 118. The molecule has 2 nitrogen and oxygen atoms in total. The number of nitrogens with one attached hydrogen (secondary N) is 1. The monoisotopic (exact) mass is 214 g/mol. The lowest BCUT2D eigenvalue weighted by Gasteiger charge is -2.38. The molecule has 0 aromatic heterocycles. The van der Waals surface area contributed by atoms with Crippen molar-refractivity contribution in [2.24, 2.45) is 0 Å². The van der Waals surface area contributed by atoms with E-state index >= 15 is 0 Å². The smallest absolute Gasteiger partial charge is 0.0252 e. The molecule has 0 spiro atoms. The summed E-state index contributed by atoms with van der Waals surface area (Å²) in [6, 6.07) is 0. The standard InChI is InChI=1S/C8H18N2.2ClH/c1-4-10-6-5-9-8(2,3)7-10;;/h9H,4-7H2,1-3H3;2*1H. The van der Waals surface area contributed by atoms with Crippen molar-refractivity contribution in [3.8, 4) is 0 Å². The van der Waals surface area contributed by atoms with Gasteiger partial charge in [0.05, 0.1) is 0 Å². The average Bonchev–Trinajstić information content (AvgIpc) is 1.86. The zero-order valence-electron chi connectivity index (χ0n) is 8.09. The van der Waals surface area contributed by atoms with E-state index in [9.17, 15) is 0 Å². The average molecular weight is 215 g/mol. The molecule has 0 aliphatic carbocycles. The lowest BCUT2D eigenvalue weighted by Crippen LogP contribution is -2.56. The van der Waals surface area contributed by atoms with Crippen LogP contribution in [0.15, 0.2) is 0 Å². The normalized spacial score (nSPS) is 22.2. The van der Waals surface area contributed by atoms with E-state index in [2.05, 4.69) is 31.0 Å². The molecule has 1 fully saturated rings. The van der Waals surface area contributed by atoms with Crippen molar-refractivity contribution < 1.29 is 0 Å². The molecule has 0 aromatic carbocycles. The van der Waals surface area contributed by atoms with Crippen LogP contribution in [0.4, 0.5) is 0 Å². The zero-order chi connectivity index (χ0) is 7.61. The third kappa shape index (κ3) is 4.51. The fraction of sp³-hybridized carbons (Fsp3) is 1.00. The molecule has 0 amide bonds. The minimum absolute atomic E-state index is 0. The molecular weight excluding hydrogens is 195 g/mol. The van der Waals surface area contributed by atoms with Gasteiger partial charge in [-0.1, -0.05) is 6.92 Å². The SMILES string of the molecule is CCN1CCNC(C)(C)C1.Cl.Cl. The van der Waals surface area contributed by atoms with Gasteiger partial charge in [-0.3, -0.25) is 0 Å². The van der Waals surface area contributed by atoms with Gasteiger partial charge in [-0.2, -0.15) is 0 Å². The number of halogens is 2. The molecule has 4 heteroatoms. The van der Waals surface area contributed by atoms with Gasteiger partial charge in [0, 0.05) is 25.2 Å². The van der Waals surface area contributed by atoms with Crippen molar-refractivity contribution in [1.29, 1.82) is 0 Å². The lowest BCUT2D eigenvalue weighted by molar-refractivity contribution is 0.161. The maximum Gasteiger partial charge on any atom is 0.0252 e. The Labute approximate surface area is 87.9 Å². The molecule has 0 atom stereocenters. The molecule has 76 valence electrons. The molecular formula is C8H20Cl2N2. The van der Waals surface area contributed by atoms with E-state index in [0.717, 1.165) is 6.54 Å². The van der Waals surface area contributed by atoms with Gasteiger partial charge in [-0.25, -0.2) is 0 Å². The summed E-state index contributed by atoms with van der Waals surface area (Å²) in [5.41, 5.74) is 0.328. The quantitative estimate of drug-likeness (QED) is 0.713. The van der Waals surface area contributed by atoms with Crippen LogP contribution in [0.1, 0.15) is 20.8 Å². The van der Waals surface area contributed by atoms with Gasteiger partial charge >= 0.3 is 0 Å². The molecule has 1 N–H and O–H groups in total. The summed E-state index contributed by atoms with van der Waals surface area (Å²) in [4.78, 5) is 2.48. The van der Waals surface area contributed by atoms with Crippen LogP contribution in [0.2, 0.25) is 0 Å². The maximum absolute atomic E-state index is 3.48. The number of likely N-dealkylation sites (N-methyl/N-ethyl adjacent to an activating group) is 1. The summed E-state index contributed by atoms with van der Waals surface area (Å²) in [7, 11) is 0. The Hall–Kier alpha value is 0.500. The van der Waals surface area contributed by atoms with Gasteiger partial charge in [0.25, 0.3) is 0 Å². The summed E-state index contributed by atoms with van der Waals surface area (Å²) in [6.45, 7) is 11.5. The Morgan fingerprint density at radius 1 is 1.33 bits per heavy atom. The molecule has 0 unspecified atom stereocenters. The third-order valence-electron chi connectivity index (χ3n) is 2.10. The Balaban J connectivity index is 0. The fourth-order valence-corrected chi connectivity index (χ4v) is 1.52. The fourth-order valence-electron chi connectivity index (χ4n) is 1.52. The number of nitrogens with zero attached hydrogens (tertiary/aromatic N) is 1. The van der Waals surface area contributed by atoms with Crippen molar-refractivity contribution >= 4 is 24.8 Å². The van der Waals surface area contributed by atoms with Gasteiger partial charge in [0.1, 0.15) is 0 Å². The molecule has 0 radical (unpaired) electrons. The lowest BCUT2D eigenvalue weighted by atomic mass is 10.0. The van der Waals surface area contributed by atoms with Crippen LogP contribution < -0.4 is 5.32 Å². The highest BCUT2D eigenvalue weighted by molar-refractivity contribution is 5.85. The van der Waals surface area contributed by atoms with Crippen molar-refractivity contribution in [1.82, 2.24) is 10.2 Å². The molecule has 1 aliphatic heterocycles. The Kier molecular flexibility index (Phi) is 7.54. The summed E-state index contributed by atoms with van der Waals surface area (Å²) < 4.78 is 0. The second kappa shape index (κ2) is 6.03. The predicted molar refractivity (Wildman–Crippen MR) is 58.7 cm³/mol. The molecule has 0 saturated carbocycles. The molecule has 1 rings (SSSR count). The van der Waals surface area contributed by atoms with Crippen LogP contribution in [-0.2, 0) is 0 Å². The third-order valence-corrected chi connectivity index (χ3v) is 2.10. The van der Waals surface area contributed by atoms with Crippen molar-refractivity contribution in [3.05, 3.63) is 0 Å². The maximum atomic E-state index is 3.48. The van der Waals surface area contributed by atoms with Crippen LogP contribution in [-0.4, -0.2) is 36.6 Å². The number of hydrogen-bond acceptors (Lipinski definition) is 2. The first-order valence-corrected chi connectivity index (χ1v) is 4.11. The number of hydrogen-bond donors (Lipinski definition) is 1. The van der Waals surface area contributed by atoms with Gasteiger partial charge in [-0.15, -0.1) is 24.8 Å². The van der Waals surface area contributed by atoms with E-state index in [1.807, 2.05) is 0 Å². The molecule has 1 aliphatic rings. The highest BCUT2D eigenvalue weighted by Gasteiger charge is 2.23.